The molecule has 1 atom stereocenters. The first-order valence-electron chi connectivity index (χ1n) is 9.05. The van der Waals surface area contributed by atoms with Crippen LogP contribution in [0.5, 0.6) is 0 Å². The lowest BCUT2D eigenvalue weighted by molar-refractivity contribution is -0.145. The molecule has 1 N–H and O–H groups in total. The summed E-state index contributed by atoms with van der Waals surface area (Å²) in [6, 6.07) is 8.20. The van der Waals surface area contributed by atoms with Crippen molar-refractivity contribution in [1.82, 2.24) is 24.6 Å². The van der Waals surface area contributed by atoms with Gasteiger partial charge in [-0.2, -0.15) is 5.10 Å². The van der Waals surface area contributed by atoms with E-state index in [-0.39, 0.29) is 25.2 Å². The first kappa shape index (κ1) is 17.7. The fourth-order valence-electron chi connectivity index (χ4n) is 3.47. The van der Waals surface area contributed by atoms with Crippen LogP contribution in [-0.4, -0.2) is 63.0 Å². The summed E-state index contributed by atoms with van der Waals surface area (Å²) in [6.45, 7) is 1.96. The second kappa shape index (κ2) is 7.89. The van der Waals surface area contributed by atoms with Crippen molar-refractivity contribution in [2.75, 3.05) is 26.4 Å². The SMILES string of the molecule is Cn1ncnc1COCC(=O)N1CCOCC1Cc1c[nH]c2ccccc12. The minimum absolute atomic E-state index is 0.00360. The maximum Gasteiger partial charge on any atom is 0.249 e. The Labute approximate surface area is 157 Å². The number of aromatic amines is 1. The van der Waals surface area contributed by atoms with Gasteiger partial charge in [-0.1, -0.05) is 18.2 Å². The molecule has 0 spiro atoms. The van der Waals surface area contributed by atoms with Crippen molar-refractivity contribution < 1.29 is 14.3 Å². The third-order valence-electron chi connectivity index (χ3n) is 4.94. The zero-order valence-electron chi connectivity index (χ0n) is 15.3. The highest BCUT2D eigenvalue weighted by atomic mass is 16.5. The molecule has 1 aromatic carbocycles. The van der Waals surface area contributed by atoms with E-state index in [0.717, 1.165) is 11.9 Å². The lowest BCUT2D eigenvalue weighted by atomic mass is 10.0. The van der Waals surface area contributed by atoms with E-state index >= 15 is 0 Å². The van der Waals surface area contributed by atoms with Crippen LogP contribution in [0, 0.1) is 0 Å². The predicted molar refractivity (Wildman–Crippen MR) is 99.0 cm³/mol. The minimum atomic E-state index is -0.0229. The summed E-state index contributed by atoms with van der Waals surface area (Å²) in [5.74, 6) is 0.672. The van der Waals surface area contributed by atoms with Crippen molar-refractivity contribution in [1.29, 1.82) is 0 Å². The molecule has 1 amide bonds. The molecule has 142 valence electrons. The number of nitrogens with one attached hydrogen (secondary N) is 1. The standard InChI is InChI=1S/C19H23N5O3/c1-23-18(21-13-22-23)11-27-12-19(25)24-6-7-26-10-15(24)8-14-9-20-17-5-3-2-4-16(14)17/h2-5,9,13,15,20H,6-8,10-12H2,1H3. The van der Waals surface area contributed by atoms with Gasteiger partial charge in [0, 0.05) is 30.7 Å². The average Bonchev–Trinajstić information content (AvgIpc) is 3.29. The number of para-hydroxylation sites is 1. The number of hydrogen-bond donors (Lipinski definition) is 1. The van der Waals surface area contributed by atoms with Crippen LogP contribution in [0.25, 0.3) is 10.9 Å². The number of aryl methyl sites for hydroxylation is 1. The summed E-state index contributed by atoms with van der Waals surface area (Å²) < 4.78 is 12.8. The zero-order chi connectivity index (χ0) is 18.6. The minimum Gasteiger partial charge on any atom is -0.377 e. The van der Waals surface area contributed by atoms with Crippen molar-refractivity contribution in [2.45, 2.75) is 19.1 Å². The molecule has 1 aliphatic rings. The van der Waals surface area contributed by atoms with Gasteiger partial charge in [-0.25, -0.2) is 4.98 Å². The monoisotopic (exact) mass is 369 g/mol. The number of ether oxygens (including phenoxy) is 2. The molecular formula is C19H23N5O3. The molecule has 3 aromatic rings. The zero-order valence-corrected chi connectivity index (χ0v) is 15.3. The Morgan fingerprint density at radius 3 is 3.15 bits per heavy atom. The molecule has 4 rings (SSSR count). The summed E-state index contributed by atoms with van der Waals surface area (Å²) in [5, 5.41) is 5.18. The predicted octanol–water partition coefficient (Wildman–Crippen LogP) is 1.28. The molecule has 1 aliphatic heterocycles. The van der Waals surface area contributed by atoms with E-state index in [1.165, 1.54) is 17.3 Å². The molecule has 0 saturated carbocycles. The van der Waals surface area contributed by atoms with Crippen molar-refractivity contribution in [3.63, 3.8) is 0 Å². The van der Waals surface area contributed by atoms with Gasteiger partial charge in [0.2, 0.25) is 5.91 Å². The first-order valence-corrected chi connectivity index (χ1v) is 9.05. The highest BCUT2D eigenvalue weighted by Crippen LogP contribution is 2.22. The highest BCUT2D eigenvalue weighted by Gasteiger charge is 2.28. The van der Waals surface area contributed by atoms with Crippen LogP contribution < -0.4 is 0 Å². The van der Waals surface area contributed by atoms with Gasteiger partial charge in [0.1, 0.15) is 19.5 Å². The largest absolute Gasteiger partial charge is 0.377 e. The number of aromatic nitrogens is 4. The number of benzene rings is 1. The van der Waals surface area contributed by atoms with Crippen LogP contribution in [0.4, 0.5) is 0 Å². The molecular weight excluding hydrogens is 346 g/mol. The summed E-state index contributed by atoms with van der Waals surface area (Å²) in [6.07, 6.45) is 4.24. The Morgan fingerprint density at radius 2 is 2.30 bits per heavy atom. The van der Waals surface area contributed by atoms with Crippen LogP contribution in [0.2, 0.25) is 0 Å². The van der Waals surface area contributed by atoms with E-state index in [1.54, 1.807) is 11.7 Å². The second-order valence-corrected chi connectivity index (χ2v) is 6.67. The van der Waals surface area contributed by atoms with Gasteiger partial charge in [-0.05, 0) is 18.1 Å². The van der Waals surface area contributed by atoms with Crippen molar-refractivity contribution in [3.8, 4) is 0 Å². The van der Waals surface area contributed by atoms with E-state index in [1.807, 2.05) is 23.2 Å². The summed E-state index contributed by atoms with van der Waals surface area (Å²) >= 11 is 0. The molecule has 27 heavy (non-hydrogen) atoms. The third kappa shape index (κ3) is 3.86. The number of carbonyl (C=O) groups excluding carboxylic acids is 1. The number of carbonyl (C=O) groups is 1. The molecule has 8 heteroatoms. The van der Waals surface area contributed by atoms with E-state index < -0.39 is 0 Å². The summed E-state index contributed by atoms with van der Waals surface area (Å²) in [7, 11) is 1.80. The lowest BCUT2D eigenvalue weighted by Crippen LogP contribution is -2.50. The van der Waals surface area contributed by atoms with Crippen molar-refractivity contribution >= 4 is 16.8 Å². The number of hydrogen-bond acceptors (Lipinski definition) is 5. The first-order chi connectivity index (χ1) is 13.2. The molecule has 1 fully saturated rings. The molecule has 8 nitrogen and oxygen atoms in total. The van der Waals surface area contributed by atoms with Gasteiger partial charge in [0.05, 0.1) is 19.3 Å². The average molecular weight is 369 g/mol. The topological polar surface area (TPSA) is 85.3 Å². The lowest BCUT2D eigenvalue weighted by Gasteiger charge is -2.35. The summed E-state index contributed by atoms with van der Waals surface area (Å²) in [5.41, 5.74) is 2.30. The molecule has 3 heterocycles. The highest BCUT2D eigenvalue weighted by molar-refractivity contribution is 5.83. The maximum atomic E-state index is 12.7. The number of amides is 1. The van der Waals surface area contributed by atoms with Crippen LogP contribution in [0.15, 0.2) is 36.8 Å². The number of morpholine rings is 1. The molecule has 1 unspecified atom stereocenters. The van der Waals surface area contributed by atoms with Crippen LogP contribution in [0.3, 0.4) is 0 Å². The maximum absolute atomic E-state index is 12.7. The van der Waals surface area contributed by atoms with E-state index in [2.05, 4.69) is 27.2 Å². The number of nitrogens with zero attached hydrogens (tertiary/aromatic N) is 4. The molecule has 0 aliphatic carbocycles. The van der Waals surface area contributed by atoms with Gasteiger partial charge >= 0.3 is 0 Å². The Balaban J connectivity index is 1.39. The van der Waals surface area contributed by atoms with Crippen LogP contribution in [-0.2, 0) is 34.3 Å². The fourth-order valence-corrected chi connectivity index (χ4v) is 3.47. The number of rotatable bonds is 6. The number of fused-ring (bicyclic) bond motifs is 1. The smallest absolute Gasteiger partial charge is 0.249 e. The molecule has 0 bridgehead atoms. The fraction of sp³-hybridized carbons (Fsp3) is 0.421. The van der Waals surface area contributed by atoms with Gasteiger partial charge in [0.15, 0.2) is 5.82 Å². The van der Waals surface area contributed by atoms with Crippen LogP contribution >= 0.6 is 0 Å². The molecule has 2 aromatic heterocycles. The Morgan fingerprint density at radius 1 is 1.41 bits per heavy atom. The van der Waals surface area contributed by atoms with E-state index in [0.29, 0.717) is 25.6 Å². The third-order valence-corrected chi connectivity index (χ3v) is 4.94. The number of H-pyrrole nitrogens is 1. The summed E-state index contributed by atoms with van der Waals surface area (Å²) in [4.78, 5) is 22.0. The van der Waals surface area contributed by atoms with Gasteiger partial charge in [-0.3, -0.25) is 9.48 Å². The second-order valence-electron chi connectivity index (χ2n) is 6.67. The van der Waals surface area contributed by atoms with Gasteiger partial charge in [0.25, 0.3) is 0 Å². The van der Waals surface area contributed by atoms with Gasteiger partial charge < -0.3 is 19.4 Å². The normalized spacial score (nSPS) is 17.5. The molecule has 1 saturated heterocycles. The Hall–Kier alpha value is -2.71. The van der Waals surface area contributed by atoms with Crippen molar-refractivity contribution in [3.05, 3.63) is 48.2 Å². The van der Waals surface area contributed by atoms with E-state index in [4.69, 9.17) is 9.47 Å². The Kier molecular flexibility index (Phi) is 5.17. The van der Waals surface area contributed by atoms with Crippen LogP contribution in [0.1, 0.15) is 11.4 Å². The Bertz CT molecular complexity index is 919. The van der Waals surface area contributed by atoms with Crippen molar-refractivity contribution in [2.24, 2.45) is 7.05 Å². The quantitative estimate of drug-likeness (QED) is 0.708. The van der Waals surface area contributed by atoms with E-state index in [9.17, 15) is 4.79 Å². The molecule has 0 radical (unpaired) electrons. The van der Waals surface area contributed by atoms with Gasteiger partial charge in [-0.15, -0.1) is 0 Å².